The number of pyridine rings is 1. The molecule has 0 fully saturated rings. The Bertz CT molecular complexity index is 1150. The predicted octanol–water partition coefficient (Wildman–Crippen LogP) is 5.62. The third kappa shape index (κ3) is 5.52. The zero-order valence-electron chi connectivity index (χ0n) is 18.2. The maximum atomic E-state index is 8.11. The fourth-order valence-electron chi connectivity index (χ4n) is 3.32. The second-order valence-electron chi connectivity index (χ2n) is 7.22. The number of allylic oxidation sites excluding steroid dienone is 5. The maximum Gasteiger partial charge on any atom is 0.126 e. The van der Waals surface area contributed by atoms with Crippen LogP contribution >= 0.6 is 0 Å². The lowest BCUT2D eigenvalue weighted by Crippen LogP contribution is -2.17. The molecular weight excluding hydrogens is 396 g/mol. The van der Waals surface area contributed by atoms with Crippen molar-refractivity contribution in [1.82, 2.24) is 4.98 Å². The quantitative estimate of drug-likeness (QED) is 0.180. The Morgan fingerprint density at radius 2 is 1.81 bits per heavy atom. The van der Waals surface area contributed by atoms with Gasteiger partial charge in [-0.05, 0) is 29.3 Å². The molecular formula is C27H28N4O. The first-order valence-corrected chi connectivity index (χ1v) is 10.5. The van der Waals surface area contributed by atoms with Crippen LogP contribution in [0.4, 0.5) is 5.69 Å². The lowest BCUT2D eigenvalue weighted by Gasteiger charge is -2.15. The van der Waals surface area contributed by atoms with Crippen LogP contribution in [0, 0.1) is 5.41 Å². The van der Waals surface area contributed by atoms with Crippen molar-refractivity contribution in [3.63, 3.8) is 0 Å². The average Bonchev–Trinajstić information content (AvgIpc) is 2.80. The van der Waals surface area contributed by atoms with E-state index in [1.54, 1.807) is 12.3 Å². The van der Waals surface area contributed by atoms with Gasteiger partial charge in [0.2, 0.25) is 0 Å². The molecule has 0 radical (unpaired) electrons. The van der Waals surface area contributed by atoms with E-state index in [0.717, 1.165) is 34.6 Å². The van der Waals surface area contributed by atoms with E-state index < -0.39 is 0 Å². The number of amidine groups is 1. The van der Waals surface area contributed by atoms with Crippen molar-refractivity contribution in [1.29, 1.82) is 5.41 Å². The lowest BCUT2D eigenvalue weighted by atomic mass is 9.97. The van der Waals surface area contributed by atoms with Gasteiger partial charge in [0.25, 0.3) is 0 Å². The molecule has 0 atom stereocenters. The second-order valence-corrected chi connectivity index (χ2v) is 7.22. The molecule has 0 aliphatic rings. The number of nitrogens with zero attached hydrogens (tertiary/aromatic N) is 1. The fraction of sp³-hybridized carbons (Fsp3) is 0.111. The minimum absolute atomic E-state index is 0.0836. The molecule has 162 valence electrons. The van der Waals surface area contributed by atoms with Crippen LogP contribution in [0.25, 0.3) is 11.1 Å². The average molecular weight is 425 g/mol. The van der Waals surface area contributed by atoms with Gasteiger partial charge in [-0.3, -0.25) is 10.4 Å². The zero-order chi connectivity index (χ0) is 22.9. The molecule has 3 rings (SSSR count). The van der Waals surface area contributed by atoms with Gasteiger partial charge in [-0.1, -0.05) is 74.2 Å². The van der Waals surface area contributed by atoms with Gasteiger partial charge >= 0.3 is 0 Å². The Morgan fingerprint density at radius 3 is 2.44 bits per heavy atom. The number of hydrogen-bond acceptors (Lipinski definition) is 4. The molecule has 1 aromatic heterocycles. The van der Waals surface area contributed by atoms with Gasteiger partial charge < -0.3 is 16.2 Å². The van der Waals surface area contributed by atoms with Crippen LogP contribution in [-0.2, 0) is 6.42 Å². The van der Waals surface area contributed by atoms with Gasteiger partial charge in [0, 0.05) is 24.6 Å². The van der Waals surface area contributed by atoms with Crippen molar-refractivity contribution in [3.05, 3.63) is 114 Å². The number of nitrogen functional groups attached to an aromatic ring is 2. The van der Waals surface area contributed by atoms with E-state index >= 15 is 0 Å². The third-order valence-corrected chi connectivity index (χ3v) is 4.97. The molecule has 0 amide bonds. The predicted molar refractivity (Wildman–Crippen MR) is 133 cm³/mol. The summed E-state index contributed by atoms with van der Waals surface area (Å²) in [6, 6.07) is 17.6. The van der Waals surface area contributed by atoms with Crippen LogP contribution in [0.2, 0.25) is 0 Å². The van der Waals surface area contributed by atoms with Crippen LogP contribution < -0.4 is 16.2 Å². The SMILES string of the molecule is C=C/C=C\C=C(/CC)Oc1ccc(-c2cnc(Cc3ccccc3)c(N)c2C(=N)N)cc1. The molecule has 0 unspecified atom stereocenters. The van der Waals surface area contributed by atoms with E-state index in [4.69, 9.17) is 21.6 Å². The van der Waals surface area contributed by atoms with E-state index in [9.17, 15) is 0 Å². The summed E-state index contributed by atoms with van der Waals surface area (Å²) in [7, 11) is 0. The Morgan fingerprint density at radius 1 is 1.09 bits per heavy atom. The third-order valence-electron chi connectivity index (χ3n) is 4.97. The van der Waals surface area contributed by atoms with Gasteiger partial charge in [0.1, 0.15) is 17.3 Å². The number of hydrogen-bond donors (Lipinski definition) is 3. The number of benzene rings is 2. The molecule has 0 aliphatic carbocycles. The van der Waals surface area contributed by atoms with Crippen LogP contribution in [0.3, 0.4) is 0 Å². The summed E-state index contributed by atoms with van der Waals surface area (Å²) in [4.78, 5) is 4.59. The molecule has 5 N–H and O–H groups in total. The van der Waals surface area contributed by atoms with Crippen molar-refractivity contribution < 1.29 is 4.74 Å². The van der Waals surface area contributed by atoms with Gasteiger partial charge in [0.05, 0.1) is 16.9 Å². The standard InChI is InChI=1S/C27H28N4O/c1-3-5-7-12-21(4-2)32-22-15-13-20(14-16-22)23-18-31-24(26(28)25(23)27(29)30)17-19-10-8-6-9-11-19/h3,5-16,18H,1,4,17,28H2,2H3,(H3,29,30)/b7-5-,21-12+. The summed E-state index contributed by atoms with van der Waals surface area (Å²) in [6.07, 6.45) is 10.5. The zero-order valence-corrected chi connectivity index (χ0v) is 18.2. The summed E-state index contributed by atoms with van der Waals surface area (Å²) in [6.45, 7) is 5.70. The molecule has 0 spiro atoms. The number of rotatable bonds is 9. The van der Waals surface area contributed by atoms with E-state index in [0.29, 0.717) is 23.4 Å². The van der Waals surface area contributed by atoms with E-state index in [1.165, 1.54) is 0 Å². The van der Waals surface area contributed by atoms with Crippen LogP contribution in [-0.4, -0.2) is 10.8 Å². The monoisotopic (exact) mass is 424 g/mol. The van der Waals surface area contributed by atoms with E-state index in [2.05, 4.69) is 11.6 Å². The summed E-state index contributed by atoms with van der Waals surface area (Å²) in [5.41, 5.74) is 16.7. The molecule has 0 bridgehead atoms. The largest absolute Gasteiger partial charge is 0.462 e. The molecule has 5 heteroatoms. The minimum atomic E-state index is -0.0836. The first kappa shape index (κ1) is 22.6. The van der Waals surface area contributed by atoms with E-state index in [1.807, 2.05) is 79.7 Å². The summed E-state index contributed by atoms with van der Waals surface area (Å²) >= 11 is 0. The second kappa shape index (κ2) is 10.8. The molecule has 0 aliphatic heterocycles. The van der Waals surface area contributed by atoms with Crippen molar-refractivity contribution in [2.45, 2.75) is 19.8 Å². The van der Waals surface area contributed by atoms with Crippen molar-refractivity contribution in [3.8, 4) is 16.9 Å². The Balaban J connectivity index is 1.89. The first-order valence-electron chi connectivity index (χ1n) is 10.5. The van der Waals surface area contributed by atoms with Crippen molar-refractivity contribution in [2.75, 3.05) is 5.73 Å². The topological polar surface area (TPSA) is 98.0 Å². The number of nitrogens with two attached hydrogens (primary N) is 2. The van der Waals surface area contributed by atoms with Crippen LogP contribution in [0.5, 0.6) is 5.75 Å². The summed E-state index contributed by atoms with van der Waals surface area (Å²) < 4.78 is 5.96. The normalized spacial score (nSPS) is 11.5. The Hall–Kier alpha value is -4.12. The van der Waals surface area contributed by atoms with Crippen molar-refractivity contribution >= 4 is 11.5 Å². The highest BCUT2D eigenvalue weighted by molar-refractivity contribution is 6.06. The fourth-order valence-corrected chi connectivity index (χ4v) is 3.32. The molecule has 0 saturated heterocycles. The van der Waals surface area contributed by atoms with Gasteiger partial charge in [-0.15, -0.1) is 0 Å². The highest BCUT2D eigenvalue weighted by Crippen LogP contribution is 2.31. The maximum absolute atomic E-state index is 8.11. The molecule has 5 nitrogen and oxygen atoms in total. The number of aromatic nitrogens is 1. The summed E-state index contributed by atoms with van der Waals surface area (Å²) in [5, 5.41) is 8.11. The smallest absolute Gasteiger partial charge is 0.126 e. The summed E-state index contributed by atoms with van der Waals surface area (Å²) in [5.74, 6) is 1.48. The Labute approximate surface area is 189 Å². The van der Waals surface area contributed by atoms with Gasteiger partial charge in [-0.25, -0.2) is 0 Å². The van der Waals surface area contributed by atoms with Gasteiger partial charge in [-0.2, -0.15) is 0 Å². The van der Waals surface area contributed by atoms with Gasteiger partial charge in [0.15, 0.2) is 0 Å². The molecule has 32 heavy (non-hydrogen) atoms. The molecule has 3 aromatic rings. The molecule has 2 aromatic carbocycles. The van der Waals surface area contributed by atoms with Crippen molar-refractivity contribution in [2.24, 2.45) is 5.73 Å². The number of ether oxygens (including phenoxy) is 1. The van der Waals surface area contributed by atoms with E-state index in [-0.39, 0.29) is 5.84 Å². The Kier molecular flexibility index (Phi) is 7.60. The number of anilines is 1. The van der Waals surface area contributed by atoms with Crippen LogP contribution in [0.15, 0.2) is 97.4 Å². The lowest BCUT2D eigenvalue weighted by molar-refractivity contribution is 0.409. The highest BCUT2D eigenvalue weighted by Gasteiger charge is 2.16. The molecule has 0 saturated carbocycles. The number of nitrogens with one attached hydrogen (secondary N) is 1. The first-order chi connectivity index (χ1) is 15.5. The molecule has 1 heterocycles. The highest BCUT2D eigenvalue weighted by atomic mass is 16.5. The van der Waals surface area contributed by atoms with Crippen LogP contribution in [0.1, 0.15) is 30.2 Å². The minimum Gasteiger partial charge on any atom is -0.462 e.